The van der Waals surface area contributed by atoms with Gasteiger partial charge in [-0.05, 0) is 55.3 Å². The summed E-state index contributed by atoms with van der Waals surface area (Å²) in [6.45, 7) is 1.76. The smallest absolute Gasteiger partial charge is 0.326 e. The van der Waals surface area contributed by atoms with E-state index >= 15 is 0 Å². The third kappa shape index (κ3) is 9.85. The number of nitrogens with two attached hydrogens (primary N) is 3. The summed E-state index contributed by atoms with van der Waals surface area (Å²) < 4.78 is 0. The molecule has 18 heteroatoms. The Bertz CT molecular complexity index is 1820. The fourth-order valence-corrected chi connectivity index (χ4v) is 4.21. The lowest BCUT2D eigenvalue weighted by atomic mass is 9.94. The van der Waals surface area contributed by atoms with Gasteiger partial charge in [-0.1, -0.05) is 6.07 Å². The first-order valence-corrected chi connectivity index (χ1v) is 14.1. The topological polar surface area (TPSA) is 314 Å². The highest BCUT2D eigenvalue weighted by Gasteiger charge is 2.28. The van der Waals surface area contributed by atoms with E-state index in [1.807, 2.05) is 11.9 Å². The summed E-state index contributed by atoms with van der Waals surface area (Å²) in [6.07, 6.45) is 1.04. The molecule has 12 N–H and O–H groups in total. The average molecular weight is 666 g/mol. The summed E-state index contributed by atoms with van der Waals surface area (Å²) in [7, 11) is 1.82. The SMILES string of the molecule is CN(Cc1cnc2nc(N)nc(N)c2n1)c1ccc(C(=O)N[C@@H](CCC(=O)O)C(=O)O)cc1.C[C@](N)(Cc1ccc(O)c(O)c1)C(=O)O. The Balaban J connectivity index is 0.000000348. The van der Waals surface area contributed by atoms with Gasteiger partial charge in [0, 0.05) is 31.1 Å². The number of anilines is 3. The molecule has 2 heterocycles. The number of carbonyl (C=O) groups is 4. The van der Waals surface area contributed by atoms with Gasteiger partial charge in [-0.25, -0.2) is 14.8 Å². The molecule has 18 nitrogen and oxygen atoms in total. The average Bonchev–Trinajstić information content (AvgIpc) is 3.01. The fourth-order valence-electron chi connectivity index (χ4n) is 4.21. The van der Waals surface area contributed by atoms with Crippen molar-refractivity contribution < 1.29 is 44.7 Å². The lowest BCUT2D eigenvalue weighted by molar-refractivity contribution is -0.143. The van der Waals surface area contributed by atoms with Crippen LogP contribution < -0.4 is 27.4 Å². The monoisotopic (exact) mass is 665 g/mol. The van der Waals surface area contributed by atoms with Crippen LogP contribution in [0, 0.1) is 0 Å². The summed E-state index contributed by atoms with van der Waals surface area (Å²) in [5, 5.41) is 47.3. The molecule has 0 radical (unpaired) electrons. The zero-order chi connectivity index (χ0) is 35.8. The molecule has 0 aliphatic heterocycles. The van der Waals surface area contributed by atoms with Gasteiger partial charge >= 0.3 is 17.9 Å². The van der Waals surface area contributed by atoms with Crippen LogP contribution in [0.2, 0.25) is 0 Å². The number of amides is 1. The number of carboxylic acid groups (broad SMARTS) is 3. The van der Waals surface area contributed by atoms with Crippen molar-refractivity contribution in [2.24, 2.45) is 5.73 Å². The Hall–Kier alpha value is -6.30. The molecule has 1 amide bonds. The van der Waals surface area contributed by atoms with E-state index in [-0.39, 0.29) is 48.1 Å². The van der Waals surface area contributed by atoms with Crippen LogP contribution in [0.25, 0.3) is 11.2 Å². The number of nitrogens with zero attached hydrogens (tertiary/aromatic N) is 5. The Morgan fingerprint density at radius 1 is 0.958 bits per heavy atom. The van der Waals surface area contributed by atoms with E-state index in [1.54, 1.807) is 18.3 Å². The number of phenolic OH excluding ortho intramolecular Hbond substituents is 2. The van der Waals surface area contributed by atoms with Crippen LogP contribution in [0.1, 0.15) is 41.4 Å². The van der Waals surface area contributed by atoms with Crippen LogP contribution >= 0.6 is 0 Å². The molecule has 0 bridgehead atoms. The first kappa shape index (κ1) is 36.2. The van der Waals surface area contributed by atoms with Gasteiger partial charge in [0.15, 0.2) is 28.5 Å². The van der Waals surface area contributed by atoms with E-state index in [4.69, 9.17) is 32.5 Å². The second-order valence-electron chi connectivity index (χ2n) is 10.9. The number of aromatic hydroxyl groups is 2. The largest absolute Gasteiger partial charge is 0.504 e. The predicted molar refractivity (Wildman–Crippen MR) is 172 cm³/mol. The number of phenols is 2. The van der Waals surface area contributed by atoms with Gasteiger partial charge in [-0.2, -0.15) is 9.97 Å². The number of hydrogen-bond acceptors (Lipinski definition) is 14. The van der Waals surface area contributed by atoms with E-state index < -0.39 is 35.4 Å². The van der Waals surface area contributed by atoms with Crippen molar-refractivity contribution in [3.8, 4) is 11.5 Å². The number of nitrogen functional groups attached to an aromatic ring is 2. The Labute approximate surface area is 272 Å². The van der Waals surface area contributed by atoms with Crippen LogP contribution in [0.5, 0.6) is 11.5 Å². The molecule has 0 unspecified atom stereocenters. The number of rotatable bonds is 12. The van der Waals surface area contributed by atoms with Crippen molar-refractivity contribution in [2.75, 3.05) is 23.4 Å². The molecular formula is C30H35N9O9. The van der Waals surface area contributed by atoms with Crippen LogP contribution in [0.4, 0.5) is 17.5 Å². The summed E-state index contributed by atoms with van der Waals surface area (Å²) >= 11 is 0. The van der Waals surface area contributed by atoms with Gasteiger partial charge in [-0.15, -0.1) is 0 Å². The molecule has 4 rings (SSSR count). The quantitative estimate of drug-likeness (QED) is 0.0940. The summed E-state index contributed by atoms with van der Waals surface area (Å²) in [5.74, 6) is -4.55. The van der Waals surface area contributed by atoms with Gasteiger partial charge in [-0.3, -0.25) is 14.4 Å². The van der Waals surface area contributed by atoms with E-state index in [0.29, 0.717) is 29.0 Å². The van der Waals surface area contributed by atoms with Crippen molar-refractivity contribution in [1.82, 2.24) is 25.3 Å². The zero-order valence-electron chi connectivity index (χ0n) is 25.9. The number of fused-ring (bicyclic) bond motifs is 1. The molecule has 2 atom stereocenters. The second kappa shape index (κ2) is 15.3. The summed E-state index contributed by atoms with van der Waals surface area (Å²) in [5.41, 5.74) is 18.4. The number of aromatic nitrogens is 4. The van der Waals surface area contributed by atoms with Crippen LogP contribution in [0.3, 0.4) is 0 Å². The van der Waals surface area contributed by atoms with Gasteiger partial charge < -0.3 is 53.0 Å². The third-order valence-corrected chi connectivity index (χ3v) is 6.82. The maximum absolute atomic E-state index is 12.4. The van der Waals surface area contributed by atoms with Crippen molar-refractivity contribution in [3.63, 3.8) is 0 Å². The van der Waals surface area contributed by atoms with Crippen molar-refractivity contribution in [3.05, 3.63) is 65.5 Å². The Morgan fingerprint density at radius 2 is 1.62 bits per heavy atom. The second-order valence-corrected chi connectivity index (χ2v) is 10.9. The van der Waals surface area contributed by atoms with Crippen LogP contribution in [-0.2, 0) is 27.3 Å². The molecule has 254 valence electrons. The van der Waals surface area contributed by atoms with E-state index in [0.717, 1.165) is 5.69 Å². The molecule has 0 fully saturated rings. The van der Waals surface area contributed by atoms with Crippen LogP contribution in [0.15, 0.2) is 48.7 Å². The number of benzene rings is 2. The minimum Gasteiger partial charge on any atom is -0.504 e. The lowest BCUT2D eigenvalue weighted by Crippen LogP contribution is -2.46. The summed E-state index contributed by atoms with van der Waals surface area (Å²) in [4.78, 5) is 63.4. The molecule has 2 aromatic heterocycles. The number of hydrogen-bond donors (Lipinski definition) is 9. The van der Waals surface area contributed by atoms with Crippen molar-refractivity contribution >= 4 is 52.4 Å². The van der Waals surface area contributed by atoms with Gasteiger partial charge in [0.05, 0.1) is 18.4 Å². The Kier molecular flexibility index (Phi) is 11.5. The maximum atomic E-state index is 12.4. The number of nitrogens with one attached hydrogen (secondary N) is 1. The number of carboxylic acids is 3. The standard InChI is InChI=1S/C20H22N8O5.C10H13NO4/c1-28(9-11-8-23-17-15(24-11)16(21)26-20(22)27-17)12-4-2-10(3-5-12)18(31)25-13(19(32)33)6-7-14(29)30;1-10(11,9(14)15)5-6-2-3-7(12)8(13)4-6/h2-5,8,13H,6-7,9H2,1H3,(H,25,31)(H,29,30)(H,32,33)(H4,21,22,23,26,27);2-4,12-13H,5,11H2,1H3,(H,14,15)/t13-;10-/m00/s1. The van der Waals surface area contributed by atoms with E-state index in [2.05, 4.69) is 25.3 Å². The van der Waals surface area contributed by atoms with Gasteiger partial charge in [0.25, 0.3) is 5.91 Å². The van der Waals surface area contributed by atoms with Gasteiger partial charge in [0.2, 0.25) is 5.95 Å². The highest BCUT2D eigenvalue weighted by Crippen LogP contribution is 2.26. The van der Waals surface area contributed by atoms with E-state index in [9.17, 15) is 29.4 Å². The molecule has 0 saturated heterocycles. The molecule has 48 heavy (non-hydrogen) atoms. The first-order chi connectivity index (χ1) is 22.5. The normalized spacial score (nSPS) is 12.6. The Morgan fingerprint density at radius 3 is 2.21 bits per heavy atom. The zero-order valence-corrected chi connectivity index (χ0v) is 25.9. The lowest BCUT2D eigenvalue weighted by Gasteiger charge is -2.19. The molecule has 0 aliphatic carbocycles. The number of carbonyl (C=O) groups excluding carboxylic acids is 1. The predicted octanol–water partition coefficient (Wildman–Crippen LogP) is 0.711. The first-order valence-electron chi connectivity index (χ1n) is 14.1. The third-order valence-electron chi connectivity index (χ3n) is 6.82. The highest BCUT2D eigenvalue weighted by molar-refractivity contribution is 5.97. The molecule has 2 aromatic carbocycles. The molecule has 0 aliphatic rings. The molecule has 4 aromatic rings. The molecular weight excluding hydrogens is 630 g/mol. The maximum Gasteiger partial charge on any atom is 0.326 e. The van der Waals surface area contributed by atoms with Crippen LogP contribution in [-0.4, -0.2) is 87.9 Å². The summed E-state index contributed by atoms with van der Waals surface area (Å²) in [6, 6.07) is 9.27. The molecule has 0 saturated carbocycles. The minimum absolute atomic E-state index is 0.0138. The van der Waals surface area contributed by atoms with Crippen molar-refractivity contribution in [1.29, 1.82) is 0 Å². The minimum atomic E-state index is -1.39. The fraction of sp³-hybridized carbons (Fsp3) is 0.267. The van der Waals surface area contributed by atoms with Crippen molar-refractivity contribution in [2.45, 2.75) is 44.3 Å². The molecule has 0 spiro atoms. The number of aliphatic carboxylic acids is 3. The van der Waals surface area contributed by atoms with Gasteiger partial charge in [0.1, 0.15) is 11.6 Å². The highest BCUT2D eigenvalue weighted by atomic mass is 16.4. The van der Waals surface area contributed by atoms with E-state index in [1.165, 1.54) is 37.3 Å².